The Hall–Kier alpha value is -1.72. The molecule has 5 heteroatoms. The highest BCUT2D eigenvalue weighted by Crippen LogP contribution is 2.33. The molecule has 1 atom stereocenters. The Labute approximate surface area is 128 Å². The molecule has 2 aromatic carbocycles. The highest BCUT2D eigenvalue weighted by Gasteiger charge is 2.22. The summed E-state index contributed by atoms with van der Waals surface area (Å²) in [6, 6.07) is 11.8. The summed E-state index contributed by atoms with van der Waals surface area (Å²) in [5, 5.41) is 4.03. The van der Waals surface area contributed by atoms with Gasteiger partial charge >= 0.3 is 0 Å². The molecule has 1 N–H and O–H groups in total. The van der Waals surface area contributed by atoms with Crippen LogP contribution >= 0.6 is 15.9 Å². The molecular formula is C16H12BrF2NO. The van der Waals surface area contributed by atoms with Crippen LogP contribution in [0.1, 0.15) is 17.4 Å². The smallest absolute Gasteiger partial charge is 0.173 e. The zero-order valence-electron chi connectivity index (χ0n) is 11.2. The predicted molar refractivity (Wildman–Crippen MR) is 81.2 cm³/mol. The normalized spacial score (nSPS) is 12.8. The molecule has 0 aliphatic rings. The van der Waals surface area contributed by atoms with Crippen LogP contribution in [0, 0.1) is 11.6 Å². The molecule has 108 valence electrons. The van der Waals surface area contributed by atoms with Crippen LogP contribution in [0.4, 0.5) is 8.78 Å². The zero-order chi connectivity index (χ0) is 15.0. The molecule has 0 saturated carbocycles. The van der Waals surface area contributed by atoms with Gasteiger partial charge in [-0.3, -0.25) is 0 Å². The lowest BCUT2D eigenvalue weighted by Gasteiger charge is -2.16. The molecule has 1 aromatic heterocycles. The van der Waals surface area contributed by atoms with Gasteiger partial charge in [-0.05, 0) is 46.7 Å². The first-order chi connectivity index (χ1) is 10.1. The van der Waals surface area contributed by atoms with Gasteiger partial charge in [0.1, 0.15) is 11.3 Å². The van der Waals surface area contributed by atoms with E-state index in [-0.39, 0.29) is 10.5 Å². The molecule has 0 amide bonds. The Kier molecular flexibility index (Phi) is 3.78. The molecule has 0 fully saturated rings. The van der Waals surface area contributed by atoms with E-state index in [9.17, 15) is 8.78 Å². The standard InChI is InChI=1S/C16H12BrF2NO/c1-20-16(10-6-7-11(18)15(19)14(10)17)13-8-9-4-2-3-5-12(9)21-13/h2-8,16,20H,1H3. The molecule has 1 unspecified atom stereocenters. The van der Waals surface area contributed by atoms with Gasteiger partial charge in [0.15, 0.2) is 11.6 Å². The van der Waals surface area contributed by atoms with E-state index in [1.165, 1.54) is 6.07 Å². The van der Waals surface area contributed by atoms with E-state index in [1.54, 1.807) is 7.05 Å². The molecule has 2 nitrogen and oxygen atoms in total. The van der Waals surface area contributed by atoms with Crippen LogP contribution in [-0.2, 0) is 0 Å². The van der Waals surface area contributed by atoms with Crippen molar-refractivity contribution in [1.82, 2.24) is 5.32 Å². The summed E-state index contributed by atoms with van der Waals surface area (Å²) in [7, 11) is 1.74. The summed E-state index contributed by atoms with van der Waals surface area (Å²) in [5.41, 5.74) is 1.34. The first-order valence-corrected chi connectivity index (χ1v) is 7.20. The van der Waals surface area contributed by atoms with Crippen molar-refractivity contribution in [2.75, 3.05) is 7.05 Å². The van der Waals surface area contributed by atoms with Gasteiger partial charge in [0, 0.05) is 5.39 Å². The molecule has 0 aliphatic heterocycles. The third-order valence-corrected chi connectivity index (χ3v) is 4.20. The van der Waals surface area contributed by atoms with Crippen LogP contribution in [0.3, 0.4) is 0 Å². The summed E-state index contributed by atoms with van der Waals surface area (Å²) in [6.07, 6.45) is 0. The molecular weight excluding hydrogens is 340 g/mol. The number of fused-ring (bicyclic) bond motifs is 1. The van der Waals surface area contributed by atoms with Gasteiger partial charge in [0.2, 0.25) is 0 Å². The van der Waals surface area contributed by atoms with Crippen molar-refractivity contribution in [3.63, 3.8) is 0 Å². The number of hydrogen-bond acceptors (Lipinski definition) is 2. The third-order valence-electron chi connectivity index (χ3n) is 3.39. The molecule has 0 bridgehead atoms. The summed E-state index contributed by atoms with van der Waals surface area (Å²) < 4.78 is 32.9. The Bertz CT molecular complexity index is 767. The topological polar surface area (TPSA) is 25.2 Å². The third kappa shape index (κ3) is 2.47. The first kappa shape index (κ1) is 14.2. The maximum Gasteiger partial charge on any atom is 0.173 e. The molecule has 0 saturated heterocycles. The number of para-hydroxylation sites is 1. The lowest BCUT2D eigenvalue weighted by atomic mass is 10.0. The lowest BCUT2D eigenvalue weighted by Crippen LogP contribution is -2.18. The number of nitrogens with one attached hydrogen (secondary N) is 1. The minimum absolute atomic E-state index is 0.0994. The number of furan rings is 1. The van der Waals surface area contributed by atoms with Gasteiger partial charge in [-0.2, -0.15) is 0 Å². The number of hydrogen-bond donors (Lipinski definition) is 1. The summed E-state index contributed by atoms with van der Waals surface area (Å²) in [6.45, 7) is 0. The lowest BCUT2D eigenvalue weighted by molar-refractivity contribution is 0.477. The van der Waals surface area contributed by atoms with Gasteiger partial charge in [-0.15, -0.1) is 0 Å². The Morgan fingerprint density at radius 2 is 1.90 bits per heavy atom. The Balaban J connectivity index is 2.12. The van der Waals surface area contributed by atoms with E-state index in [2.05, 4.69) is 21.2 Å². The molecule has 3 aromatic rings. The predicted octanol–water partition coefficient (Wildman–Crippen LogP) is 4.78. The van der Waals surface area contributed by atoms with Crippen LogP contribution in [0.5, 0.6) is 0 Å². The highest BCUT2D eigenvalue weighted by molar-refractivity contribution is 9.10. The van der Waals surface area contributed by atoms with E-state index in [0.29, 0.717) is 11.3 Å². The van der Waals surface area contributed by atoms with Crippen molar-refractivity contribution >= 4 is 26.9 Å². The zero-order valence-corrected chi connectivity index (χ0v) is 12.7. The first-order valence-electron chi connectivity index (χ1n) is 6.41. The summed E-state index contributed by atoms with van der Waals surface area (Å²) in [5.74, 6) is -1.14. The fraction of sp³-hybridized carbons (Fsp3) is 0.125. The molecule has 0 radical (unpaired) electrons. The van der Waals surface area contributed by atoms with Crippen LogP contribution in [0.15, 0.2) is 51.4 Å². The maximum atomic E-state index is 13.7. The van der Waals surface area contributed by atoms with Gasteiger partial charge in [-0.1, -0.05) is 24.3 Å². The van der Waals surface area contributed by atoms with E-state index in [0.717, 1.165) is 17.0 Å². The number of rotatable bonds is 3. The van der Waals surface area contributed by atoms with E-state index < -0.39 is 11.6 Å². The Morgan fingerprint density at radius 3 is 2.62 bits per heavy atom. The van der Waals surface area contributed by atoms with Crippen LogP contribution < -0.4 is 5.32 Å². The van der Waals surface area contributed by atoms with Crippen LogP contribution in [0.25, 0.3) is 11.0 Å². The second-order valence-corrected chi connectivity index (χ2v) is 5.47. The van der Waals surface area contributed by atoms with E-state index in [1.807, 2.05) is 30.3 Å². The summed E-state index contributed by atoms with van der Waals surface area (Å²) in [4.78, 5) is 0. The van der Waals surface area contributed by atoms with E-state index >= 15 is 0 Å². The fourth-order valence-electron chi connectivity index (χ4n) is 2.36. The monoisotopic (exact) mass is 351 g/mol. The number of benzene rings is 2. The fourth-order valence-corrected chi connectivity index (χ4v) is 2.91. The SMILES string of the molecule is CNC(c1cc2ccccc2o1)c1ccc(F)c(F)c1Br. The van der Waals surface area contributed by atoms with Crippen molar-refractivity contribution < 1.29 is 13.2 Å². The van der Waals surface area contributed by atoms with Crippen LogP contribution in [-0.4, -0.2) is 7.05 Å². The second kappa shape index (κ2) is 5.58. The van der Waals surface area contributed by atoms with Gasteiger partial charge < -0.3 is 9.73 Å². The summed E-state index contributed by atoms with van der Waals surface area (Å²) >= 11 is 3.12. The average Bonchev–Trinajstić information content (AvgIpc) is 2.91. The molecule has 1 heterocycles. The molecule has 3 rings (SSSR count). The average molecular weight is 352 g/mol. The van der Waals surface area contributed by atoms with Crippen molar-refractivity contribution in [3.8, 4) is 0 Å². The van der Waals surface area contributed by atoms with Crippen molar-refractivity contribution in [3.05, 3.63) is 69.9 Å². The molecule has 21 heavy (non-hydrogen) atoms. The quantitative estimate of drug-likeness (QED) is 0.686. The van der Waals surface area contributed by atoms with E-state index in [4.69, 9.17) is 4.42 Å². The second-order valence-electron chi connectivity index (χ2n) is 4.67. The minimum Gasteiger partial charge on any atom is -0.459 e. The van der Waals surface area contributed by atoms with Gasteiger partial charge in [-0.25, -0.2) is 8.78 Å². The Morgan fingerprint density at radius 1 is 1.14 bits per heavy atom. The van der Waals surface area contributed by atoms with Crippen LogP contribution in [0.2, 0.25) is 0 Å². The van der Waals surface area contributed by atoms with Gasteiger partial charge in [0.05, 0.1) is 10.5 Å². The van der Waals surface area contributed by atoms with Gasteiger partial charge in [0.25, 0.3) is 0 Å². The largest absolute Gasteiger partial charge is 0.459 e. The molecule has 0 aliphatic carbocycles. The maximum absolute atomic E-state index is 13.7. The van der Waals surface area contributed by atoms with Crippen molar-refractivity contribution in [2.45, 2.75) is 6.04 Å². The van der Waals surface area contributed by atoms with Crippen molar-refractivity contribution in [1.29, 1.82) is 0 Å². The number of halogens is 3. The molecule has 0 spiro atoms. The highest BCUT2D eigenvalue weighted by atomic mass is 79.9. The van der Waals surface area contributed by atoms with Crippen molar-refractivity contribution in [2.24, 2.45) is 0 Å². The minimum atomic E-state index is -0.899.